The first-order valence-electron chi connectivity index (χ1n) is 15.6. The van der Waals surface area contributed by atoms with Crippen LogP contribution < -0.4 is 16.0 Å². The molecule has 0 aliphatic heterocycles. The Kier molecular flexibility index (Phi) is 15.5. The van der Waals surface area contributed by atoms with Crippen molar-refractivity contribution in [3.8, 4) is 0 Å². The summed E-state index contributed by atoms with van der Waals surface area (Å²) < 4.78 is 5.37. The summed E-state index contributed by atoms with van der Waals surface area (Å²) in [7, 11) is 0. The molecule has 0 radical (unpaired) electrons. The monoisotopic (exact) mass is 569 g/mol. The molecule has 40 heavy (non-hydrogen) atoms. The molecule has 0 aromatic carbocycles. The van der Waals surface area contributed by atoms with Gasteiger partial charge in [0.15, 0.2) is 0 Å². The number of carbonyl (C=O) groups excluding carboxylic acids is 3. The highest BCUT2D eigenvalue weighted by Crippen LogP contribution is 2.29. The highest BCUT2D eigenvalue weighted by molar-refractivity contribution is 5.91. The molecule has 9 heteroatoms. The van der Waals surface area contributed by atoms with Crippen LogP contribution in [0.2, 0.25) is 0 Å². The van der Waals surface area contributed by atoms with E-state index < -0.39 is 47.9 Å². The highest BCUT2D eigenvalue weighted by atomic mass is 16.6. The third-order valence-corrected chi connectivity index (χ3v) is 8.12. The molecule has 3 amide bonds. The van der Waals surface area contributed by atoms with Crippen molar-refractivity contribution >= 4 is 17.9 Å². The van der Waals surface area contributed by atoms with E-state index in [4.69, 9.17) is 4.74 Å². The van der Waals surface area contributed by atoms with Gasteiger partial charge in [-0.25, -0.2) is 4.79 Å². The summed E-state index contributed by atoms with van der Waals surface area (Å²) in [6.07, 6.45) is 5.06. The number of amides is 3. The zero-order valence-corrected chi connectivity index (χ0v) is 26.6. The second-order valence-corrected chi connectivity index (χ2v) is 13.4. The summed E-state index contributed by atoms with van der Waals surface area (Å²) in [6, 6.07) is -2.37. The molecule has 234 valence electrons. The molecule has 4 unspecified atom stereocenters. The van der Waals surface area contributed by atoms with Gasteiger partial charge in [-0.3, -0.25) is 9.59 Å². The number of ether oxygens (including phenoxy) is 1. The quantitative estimate of drug-likeness (QED) is 0.194. The molecule has 0 saturated heterocycles. The second-order valence-electron chi connectivity index (χ2n) is 13.4. The van der Waals surface area contributed by atoms with Crippen LogP contribution in [0.4, 0.5) is 4.79 Å². The molecule has 5 N–H and O–H groups in total. The van der Waals surface area contributed by atoms with Crippen LogP contribution in [0, 0.1) is 23.7 Å². The molecule has 1 saturated carbocycles. The minimum Gasteiger partial charge on any atom is -0.444 e. The van der Waals surface area contributed by atoms with Crippen LogP contribution in [-0.4, -0.2) is 64.1 Å². The van der Waals surface area contributed by atoms with Crippen LogP contribution in [-0.2, 0) is 14.3 Å². The fourth-order valence-electron chi connectivity index (χ4n) is 5.31. The Balaban J connectivity index is 3.14. The average Bonchev–Trinajstić information content (AvgIpc) is 2.87. The lowest BCUT2D eigenvalue weighted by molar-refractivity contribution is -0.133. The van der Waals surface area contributed by atoms with Crippen molar-refractivity contribution in [1.29, 1.82) is 0 Å². The standard InChI is InChI=1S/C31H59N3O6/c1-10-20(5)25(33-29(38)26(21(6)11-2)34-30(39)40-31(7,8)9)28(37)32-23(18-22-15-13-12-14-16-22)27(36)24(35)17-19(3)4/h19-27,35-36H,10-18H2,1-9H3,(H,32,37)(H,33,38)(H,34,39)/t20?,21?,23-,24-,25?,26?,27+/m0/s1. The molecule has 0 heterocycles. The van der Waals surface area contributed by atoms with Gasteiger partial charge in [-0.2, -0.15) is 0 Å². The van der Waals surface area contributed by atoms with Gasteiger partial charge < -0.3 is 30.9 Å². The van der Waals surface area contributed by atoms with Crippen molar-refractivity contribution < 1.29 is 29.3 Å². The molecule has 1 aliphatic carbocycles. The van der Waals surface area contributed by atoms with Crippen molar-refractivity contribution in [3.63, 3.8) is 0 Å². The van der Waals surface area contributed by atoms with Gasteiger partial charge in [0.05, 0.1) is 12.1 Å². The van der Waals surface area contributed by atoms with Crippen LogP contribution in [0.15, 0.2) is 0 Å². The fourth-order valence-corrected chi connectivity index (χ4v) is 5.31. The van der Waals surface area contributed by atoms with E-state index in [0.29, 0.717) is 31.6 Å². The molecule has 0 spiro atoms. The van der Waals surface area contributed by atoms with Gasteiger partial charge in [-0.05, 0) is 57.3 Å². The predicted octanol–water partition coefficient (Wildman–Crippen LogP) is 4.68. The van der Waals surface area contributed by atoms with E-state index in [9.17, 15) is 24.6 Å². The topological polar surface area (TPSA) is 137 Å². The smallest absolute Gasteiger partial charge is 0.408 e. The molecule has 1 fully saturated rings. The van der Waals surface area contributed by atoms with Gasteiger partial charge >= 0.3 is 6.09 Å². The normalized spacial score (nSPS) is 20.0. The molecule has 0 bridgehead atoms. The van der Waals surface area contributed by atoms with Crippen molar-refractivity contribution in [3.05, 3.63) is 0 Å². The van der Waals surface area contributed by atoms with Gasteiger partial charge in [0.2, 0.25) is 11.8 Å². The Morgan fingerprint density at radius 1 is 0.825 bits per heavy atom. The number of rotatable bonds is 15. The van der Waals surface area contributed by atoms with Gasteiger partial charge in [0.1, 0.15) is 23.8 Å². The van der Waals surface area contributed by atoms with Crippen LogP contribution in [0.1, 0.15) is 120 Å². The largest absolute Gasteiger partial charge is 0.444 e. The Morgan fingerprint density at radius 2 is 1.32 bits per heavy atom. The van der Waals surface area contributed by atoms with Crippen molar-refractivity contribution in [1.82, 2.24) is 16.0 Å². The van der Waals surface area contributed by atoms with E-state index in [1.165, 1.54) is 6.42 Å². The van der Waals surface area contributed by atoms with E-state index in [-0.39, 0.29) is 23.7 Å². The van der Waals surface area contributed by atoms with E-state index in [1.807, 2.05) is 41.5 Å². The first-order chi connectivity index (χ1) is 18.6. The predicted molar refractivity (Wildman–Crippen MR) is 159 cm³/mol. The van der Waals surface area contributed by atoms with E-state index in [2.05, 4.69) is 16.0 Å². The first-order valence-corrected chi connectivity index (χ1v) is 15.6. The summed E-state index contributed by atoms with van der Waals surface area (Å²) in [4.78, 5) is 39.7. The number of hydrogen-bond acceptors (Lipinski definition) is 6. The molecule has 7 atom stereocenters. The molecular weight excluding hydrogens is 510 g/mol. The third-order valence-electron chi connectivity index (χ3n) is 8.12. The Hall–Kier alpha value is -1.87. The highest BCUT2D eigenvalue weighted by Gasteiger charge is 2.36. The lowest BCUT2D eigenvalue weighted by atomic mass is 9.82. The number of aliphatic hydroxyl groups excluding tert-OH is 2. The number of carbonyl (C=O) groups is 3. The summed E-state index contributed by atoms with van der Waals surface area (Å²) in [5.41, 5.74) is -0.714. The zero-order valence-electron chi connectivity index (χ0n) is 26.6. The Morgan fingerprint density at radius 3 is 1.80 bits per heavy atom. The van der Waals surface area contributed by atoms with Crippen molar-refractivity contribution in [2.45, 2.75) is 156 Å². The van der Waals surface area contributed by atoms with Crippen LogP contribution in [0.25, 0.3) is 0 Å². The molecular formula is C31H59N3O6. The number of aliphatic hydroxyl groups is 2. The van der Waals surface area contributed by atoms with Gasteiger partial charge in [0, 0.05) is 0 Å². The third kappa shape index (κ3) is 12.8. The number of nitrogens with one attached hydrogen (secondary N) is 3. The van der Waals surface area contributed by atoms with E-state index in [0.717, 1.165) is 25.7 Å². The lowest BCUT2D eigenvalue weighted by Crippen LogP contribution is -2.60. The first kappa shape index (κ1) is 36.2. The summed E-state index contributed by atoms with van der Waals surface area (Å²) >= 11 is 0. The number of hydrogen-bond donors (Lipinski definition) is 5. The summed E-state index contributed by atoms with van der Waals surface area (Å²) in [5.74, 6) is -0.678. The minimum absolute atomic E-state index is 0.192. The molecule has 9 nitrogen and oxygen atoms in total. The van der Waals surface area contributed by atoms with Gasteiger partial charge in [-0.1, -0.05) is 86.5 Å². The van der Waals surface area contributed by atoms with Gasteiger partial charge in [-0.15, -0.1) is 0 Å². The van der Waals surface area contributed by atoms with Crippen LogP contribution in [0.3, 0.4) is 0 Å². The van der Waals surface area contributed by atoms with E-state index >= 15 is 0 Å². The van der Waals surface area contributed by atoms with Crippen LogP contribution in [0.5, 0.6) is 0 Å². The molecule has 0 aromatic rings. The summed E-state index contributed by atoms with van der Waals surface area (Å²) in [5, 5.41) is 30.5. The molecule has 1 aliphatic rings. The fraction of sp³-hybridized carbons (Fsp3) is 0.903. The average molecular weight is 570 g/mol. The minimum atomic E-state index is -1.11. The van der Waals surface area contributed by atoms with Gasteiger partial charge in [0.25, 0.3) is 0 Å². The molecule has 1 rings (SSSR count). The SMILES string of the molecule is CCC(C)C(NC(=O)OC(C)(C)C)C(=O)NC(C(=O)N[C@@H](CC1CCCCC1)[C@@H](O)[C@@H](O)CC(C)C)C(C)CC. The van der Waals surface area contributed by atoms with Crippen LogP contribution >= 0.6 is 0 Å². The van der Waals surface area contributed by atoms with Crippen molar-refractivity contribution in [2.24, 2.45) is 23.7 Å². The maximum atomic E-state index is 13.7. The zero-order chi connectivity index (χ0) is 30.6. The Labute approximate surface area is 243 Å². The Bertz CT molecular complexity index is 778. The second kappa shape index (κ2) is 17.2. The lowest BCUT2D eigenvalue weighted by Gasteiger charge is -2.35. The maximum absolute atomic E-state index is 13.7. The summed E-state index contributed by atoms with van der Waals surface area (Å²) in [6.45, 7) is 16.9. The number of alkyl carbamates (subject to hydrolysis) is 1. The molecule has 0 aromatic heterocycles. The van der Waals surface area contributed by atoms with Crippen molar-refractivity contribution in [2.75, 3.05) is 0 Å². The van der Waals surface area contributed by atoms with E-state index in [1.54, 1.807) is 20.8 Å². The maximum Gasteiger partial charge on any atom is 0.408 e.